The van der Waals surface area contributed by atoms with E-state index < -0.39 is 0 Å². The molecular formula is C12H14N2. The van der Waals surface area contributed by atoms with Gasteiger partial charge in [0.2, 0.25) is 0 Å². The van der Waals surface area contributed by atoms with Crippen LogP contribution in [-0.4, -0.2) is 9.38 Å². The number of nitrogens with zero attached hydrogens (tertiary/aromatic N) is 2. The Kier molecular flexibility index (Phi) is 1.49. The number of rotatable bonds is 1. The zero-order valence-corrected chi connectivity index (χ0v) is 8.62. The lowest BCUT2D eigenvalue weighted by Crippen LogP contribution is -1.91. The summed E-state index contributed by atoms with van der Waals surface area (Å²) in [5.41, 5.74) is 5.04. The molecule has 0 N–H and O–H groups in total. The van der Waals surface area contributed by atoms with Gasteiger partial charge in [0.15, 0.2) is 0 Å². The van der Waals surface area contributed by atoms with Gasteiger partial charge in [-0.15, -0.1) is 0 Å². The highest BCUT2D eigenvalue weighted by molar-refractivity contribution is 5.53. The predicted molar refractivity (Wildman–Crippen MR) is 56.6 cm³/mol. The van der Waals surface area contributed by atoms with Crippen LogP contribution in [0.25, 0.3) is 5.65 Å². The minimum Gasteiger partial charge on any atom is -0.306 e. The lowest BCUT2D eigenvalue weighted by Gasteiger charge is -2.03. The van der Waals surface area contributed by atoms with Gasteiger partial charge in [-0.3, -0.25) is 0 Å². The fourth-order valence-electron chi connectivity index (χ4n) is 2.09. The molecule has 2 aromatic rings. The predicted octanol–water partition coefficient (Wildman–Crippen LogP) is 2.83. The quantitative estimate of drug-likeness (QED) is 0.669. The summed E-state index contributed by atoms with van der Waals surface area (Å²) in [6.07, 6.45) is 6.94. The molecule has 1 saturated carbocycles. The molecule has 0 unspecified atom stereocenters. The largest absolute Gasteiger partial charge is 0.306 e. The maximum atomic E-state index is 4.58. The number of fused-ring (bicyclic) bond motifs is 1. The standard InChI is InChI=1S/C12H14N2/c1-8-5-11(10-3-4-10)12-13-9(2)7-14(12)6-8/h5-7,10H,3-4H2,1-2H3. The average molecular weight is 186 g/mol. The summed E-state index contributed by atoms with van der Waals surface area (Å²) in [7, 11) is 0. The molecular weight excluding hydrogens is 172 g/mol. The molecule has 0 atom stereocenters. The summed E-state index contributed by atoms with van der Waals surface area (Å²) in [6, 6.07) is 2.29. The highest BCUT2D eigenvalue weighted by atomic mass is 15.0. The molecule has 0 spiro atoms. The van der Waals surface area contributed by atoms with Crippen LogP contribution in [0.2, 0.25) is 0 Å². The van der Waals surface area contributed by atoms with Crippen LogP contribution in [-0.2, 0) is 0 Å². The minimum absolute atomic E-state index is 0.777. The van der Waals surface area contributed by atoms with Crippen LogP contribution in [0.3, 0.4) is 0 Å². The number of aromatic nitrogens is 2. The first-order chi connectivity index (χ1) is 6.74. The van der Waals surface area contributed by atoms with Crippen LogP contribution >= 0.6 is 0 Å². The van der Waals surface area contributed by atoms with Gasteiger partial charge >= 0.3 is 0 Å². The second kappa shape index (κ2) is 2.59. The van der Waals surface area contributed by atoms with E-state index >= 15 is 0 Å². The normalized spacial score (nSPS) is 16.4. The Morgan fingerprint density at radius 1 is 1.29 bits per heavy atom. The fourth-order valence-corrected chi connectivity index (χ4v) is 2.09. The van der Waals surface area contributed by atoms with Crippen molar-refractivity contribution in [1.29, 1.82) is 0 Å². The first-order valence-corrected chi connectivity index (χ1v) is 5.20. The van der Waals surface area contributed by atoms with E-state index in [4.69, 9.17) is 0 Å². The molecule has 2 heteroatoms. The Morgan fingerprint density at radius 3 is 2.79 bits per heavy atom. The molecule has 14 heavy (non-hydrogen) atoms. The highest BCUT2D eigenvalue weighted by Crippen LogP contribution is 2.41. The molecule has 72 valence electrons. The number of imidazole rings is 1. The zero-order chi connectivity index (χ0) is 9.71. The van der Waals surface area contributed by atoms with E-state index in [1.54, 1.807) is 0 Å². The summed E-state index contributed by atoms with van der Waals surface area (Å²) < 4.78 is 2.16. The van der Waals surface area contributed by atoms with E-state index in [1.165, 1.54) is 24.0 Å². The molecule has 0 aliphatic heterocycles. The highest BCUT2D eigenvalue weighted by Gasteiger charge is 2.26. The minimum atomic E-state index is 0.777. The van der Waals surface area contributed by atoms with Crippen molar-refractivity contribution in [2.24, 2.45) is 0 Å². The Morgan fingerprint density at radius 2 is 2.07 bits per heavy atom. The molecule has 3 rings (SSSR count). The molecule has 2 nitrogen and oxygen atoms in total. The lowest BCUT2D eigenvalue weighted by atomic mass is 10.1. The first kappa shape index (κ1) is 8.04. The third kappa shape index (κ3) is 1.14. The smallest absolute Gasteiger partial charge is 0.140 e. The van der Waals surface area contributed by atoms with Crippen molar-refractivity contribution in [3.63, 3.8) is 0 Å². The summed E-state index contributed by atoms with van der Waals surface area (Å²) in [6.45, 7) is 4.21. The molecule has 2 heterocycles. The van der Waals surface area contributed by atoms with Crippen molar-refractivity contribution in [3.8, 4) is 0 Å². The number of hydrogen-bond donors (Lipinski definition) is 0. The maximum Gasteiger partial charge on any atom is 0.140 e. The zero-order valence-electron chi connectivity index (χ0n) is 8.62. The van der Waals surface area contributed by atoms with Crippen molar-refractivity contribution >= 4 is 5.65 Å². The lowest BCUT2D eigenvalue weighted by molar-refractivity contribution is 1.06. The molecule has 1 fully saturated rings. The monoisotopic (exact) mass is 186 g/mol. The van der Waals surface area contributed by atoms with Gasteiger partial charge in [0, 0.05) is 12.4 Å². The van der Waals surface area contributed by atoms with Gasteiger partial charge in [0.1, 0.15) is 5.65 Å². The summed E-state index contributed by atoms with van der Waals surface area (Å²) in [5.74, 6) is 0.777. The second-order valence-corrected chi connectivity index (χ2v) is 4.36. The third-order valence-corrected chi connectivity index (χ3v) is 2.85. The van der Waals surface area contributed by atoms with E-state index in [9.17, 15) is 0 Å². The Bertz CT molecular complexity index is 492. The van der Waals surface area contributed by atoms with Crippen LogP contribution < -0.4 is 0 Å². The summed E-state index contributed by atoms with van der Waals surface area (Å²) in [5, 5.41) is 0. The van der Waals surface area contributed by atoms with Gasteiger partial charge in [-0.25, -0.2) is 4.98 Å². The van der Waals surface area contributed by atoms with Gasteiger partial charge in [0.05, 0.1) is 5.69 Å². The molecule has 2 aromatic heterocycles. The summed E-state index contributed by atoms with van der Waals surface area (Å²) in [4.78, 5) is 4.58. The van der Waals surface area contributed by atoms with E-state index in [0.717, 1.165) is 17.3 Å². The van der Waals surface area contributed by atoms with Crippen molar-refractivity contribution in [2.75, 3.05) is 0 Å². The topological polar surface area (TPSA) is 17.3 Å². The van der Waals surface area contributed by atoms with Gasteiger partial charge in [-0.05, 0) is 43.7 Å². The Hall–Kier alpha value is -1.31. The molecule has 0 amide bonds. The number of pyridine rings is 1. The number of hydrogen-bond acceptors (Lipinski definition) is 1. The van der Waals surface area contributed by atoms with Crippen LogP contribution in [0.5, 0.6) is 0 Å². The average Bonchev–Trinajstić information content (AvgIpc) is 2.87. The molecule has 0 saturated heterocycles. The maximum absolute atomic E-state index is 4.58. The fraction of sp³-hybridized carbons (Fsp3) is 0.417. The third-order valence-electron chi connectivity index (χ3n) is 2.85. The van der Waals surface area contributed by atoms with Crippen LogP contribution in [0.4, 0.5) is 0 Å². The van der Waals surface area contributed by atoms with Crippen LogP contribution in [0.1, 0.15) is 35.6 Å². The van der Waals surface area contributed by atoms with Gasteiger partial charge < -0.3 is 4.40 Å². The first-order valence-electron chi connectivity index (χ1n) is 5.20. The van der Waals surface area contributed by atoms with E-state index in [-0.39, 0.29) is 0 Å². The van der Waals surface area contributed by atoms with Gasteiger partial charge in [0.25, 0.3) is 0 Å². The van der Waals surface area contributed by atoms with Crippen LogP contribution in [0, 0.1) is 13.8 Å². The van der Waals surface area contributed by atoms with E-state index in [0.29, 0.717) is 0 Å². The van der Waals surface area contributed by atoms with E-state index in [1.807, 2.05) is 0 Å². The van der Waals surface area contributed by atoms with Gasteiger partial charge in [-0.2, -0.15) is 0 Å². The molecule has 1 aliphatic carbocycles. The van der Waals surface area contributed by atoms with Crippen molar-refractivity contribution < 1.29 is 0 Å². The summed E-state index contributed by atoms with van der Waals surface area (Å²) >= 11 is 0. The van der Waals surface area contributed by atoms with Crippen molar-refractivity contribution in [3.05, 3.63) is 35.3 Å². The SMILES string of the molecule is Cc1cc(C2CC2)c2nc(C)cn2c1. The molecule has 0 aromatic carbocycles. The van der Waals surface area contributed by atoms with E-state index in [2.05, 4.69) is 41.7 Å². The molecule has 0 radical (unpaired) electrons. The van der Waals surface area contributed by atoms with Crippen molar-refractivity contribution in [1.82, 2.24) is 9.38 Å². The van der Waals surface area contributed by atoms with Crippen molar-refractivity contribution in [2.45, 2.75) is 32.6 Å². The van der Waals surface area contributed by atoms with Crippen LogP contribution in [0.15, 0.2) is 18.5 Å². The molecule has 1 aliphatic rings. The van der Waals surface area contributed by atoms with Gasteiger partial charge in [-0.1, -0.05) is 6.07 Å². The second-order valence-electron chi connectivity index (χ2n) is 4.36. The molecule has 0 bridgehead atoms. The Balaban J connectivity index is 2.33. The Labute approximate surface area is 83.6 Å². The number of aryl methyl sites for hydroxylation is 2.